The van der Waals surface area contributed by atoms with Gasteiger partial charge in [0.2, 0.25) is 0 Å². The molecule has 1 atom stereocenters. The van der Waals surface area contributed by atoms with E-state index in [9.17, 15) is 0 Å². The van der Waals surface area contributed by atoms with Crippen molar-refractivity contribution in [2.75, 3.05) is 38.2 Å². The van der Waals surface area contributed by atoms with E-state index >= 15 is 0 Å². The van der Waals surface area contributed by atoms with Crippen molar-refractivity contribution >= 4 is 5.69 Å². The molecule has 164 valence electrons. The average Bonchev–Trinajstić information content (AvgIpc) is 3.31. The van der Waals surface area contributed by atoms with Gasteiger partial charge in [-0.3, -0.25) is 4.90 Å². The maximum absolute atomic E-state index is 5.41. The third-order valence-electron chi connectivity index (χ3n) is 6.39. The van der Waals surface area contributed by atoms with E-state index in [1.165, 1.54) is 11.3 Å². The van der Waals surface area contributed by atoms with Gasteiger partial charge in [0.25, 0.3) is 0 Å². The Labute approximate surface area is 184 Å². The zero-order valence-electron chi connectivity index (χ0n) is 18.9. The summed E-state index contributed by atoms with van der Waals surface area (Å²) in [5.74, 6) is 1.80. The molecule has 1 aliphatic heterocycles. The molecular weight excluding hydrogens is 388 g/mol. The number of nitrogens with zero attached hydrogens (tertiary/aromatic N) is 6. The molecule has 7 heteroatoms. The van der Waals surface area contributed by atoms with Crippen LogP contribution >= 0.6 is 0 Å². The van der Waals surface area contributed by atoms with Crippen molar-refractivity contribution in [1.82, 2.24) is 25.1 Å². The predicted octanol–water partition coefficient (Wildman–Crippen LogP) is 3.74. The smallest absolute Gasteiger partial charge is 0.173 e. The molecular formula is C24H32N6O. The summed E-state index contributed by atoms with van der Waals surface area (Å²) in [5, 5.41) is 13.0. The molecule has 1 aromatic heterocycles. The standard InChI is InChI=1S/C24H32N6O/c1-5-24(2,3)30-23(25-26-27-30)22(19-10-7-6-8-11-19)29-16-14-28(15-17-29)20-12-9-13-21(18-20)31-4/h6-13,18,22H,5,14-17H2,1-4H3/t22-/m0/s1. The van der Waals surface area contributed by atoms with E-state index in [1.54, 1.807) is 7.11 Å². The van der Waals surface area contributed by atoms with E-state index in [-0.39, 0.29) is 11.6 Å². The number of benzene rings is 2. The number of methoxy groups -OCH3 is 1. The molecule has 0 amide bonds. The summed E-state index contributed by atoms with van der Waals surface area (Å²) in [6, 6.07) is 18.9. The molecule has 0 bridgehead atoms. The summed E-state index contributed by atoms with van der Waals surface area (Å²) in [4.78, 5) is 4.92. The first kappa shape index (κ1) is 21.3. The van der Waals surface area contributed by atoms with E-state index in [1.807, 2.05) is 16.8 Å². The molecule has 7 nitrogen and oxygen atoms in total. The normalized spacial score (nSPS) is 16.3. The number of tetrazole rings is 1. The van der Waals surface area contributed by atoms with E-state index in [2.05, 4.69) is 88.6 Å². The Morgan fingerprint density at radius 1 is 1.00 bits per heavy atom. The van der Waals surface area contributed by atoms with Crippen LogP contribution in [0.1, 0.15) is 44.6 Å². The highest BCUT2D eigenvalue weighted by atomic mass is 16.5. The van der Waals surface area contributed by atoms with Crippen LogP contribution in [0.15, 0.2) is 54.6 Å². The summed E-state index contributed by atoms with van der Waals surface area (Å²) >= 11 is 0. The fourth-order valence-electron chi connectivity index (χ4n) is 4.15. The molecule has 1 saturated heterocycles. The van der Waals surface area contributed by atoms with Crippen LogP contribution in [0, 0.1) is 0 Å². The van der Waals surface area contributed by atoms with E-state index < -0.39 is 0 Å². The molecule has 0 spiro atoms. The van der Waals surface area contributed by atoms with Crippen molar-refractivity contribution < 1.29 is 4.74 Å². The van der Waals surface area contributed by atoms with Gasteiger partial charge in [-0.25, -0.2) is 4.68 Å². The van der Waals surface area contributed by atoms with Gasteiger partial charge < -0.3 is 9.64 Å². The van der Waals surface area contributed by atoms with Crippen LogP contribution < -0.4 is 9.64 Å². The fraction of sp³-hybridized carbons (Fsp3) is 0.458. The van der Waals surface area contributed by atoms with Gasteiger partial charge in [0.05, 0.1) is 18.7 Å². The van der Waals surface area contributed by atoms with Crippen molar-refractivity contribution in [1.29, 1.82) is 0 Å². The summed E-state index contributed by atoms with van der Waals surface area (Å²) in [5.41, 5.74) is 2.28. The molecule has 1 aliphatic rings. The highest BCUT2D eigenvalue weighted by Gasteiger charge is 2.34. The second kappa shape index (κ2) is 9.06. The summed E-state index contributed by atoms with van der Waals surface area (Å²) in [6.07, 6.45) is 0.955. The monoisotopic (exact) mass is 420 g/mol. The minimum absolute atomic E-state index is 0.0227. The van der Waals surface area contributed by atoms with Gasteiger partial charge >= 0.3 is 0 Å². The minimum Gasteiger partial charge on any atom is -0.497 e. The van der Waals surface area contributed by atoms with Crippen LogP contribution in [0.5, 0.6) is 5.75 Å². The van der Waals surface area contributed by atoms with E-state index in [0.717, 1.165) is 44.2 Å². The number of hydrogen-bond donors (Lipinski definition) is 0. The van der Waals surface area contributed by atoms with Crippen LogP contribution in [0.3, 0.4) is 0 Å². The summed E-state index contributed by atoms with van der Waals surface area (Å²) in [6.45, 7) is 10.3. The van der Waals surface area contributed by atoms with Gasteiger partial charge in [-0.15, -0.1) is 5.10 Å². The van der Waals surface area contributed by atoms with Crippen LogP contribution in [-0.4, -0.2) is 58.4 Å². The minimum atomic E-state index is -0.145. The fourth-order valence-corrected chi connectivity index (χ4v) is 4.15. The zero-order chi connectivity index (χ0) is 21.8. The Balaban J connectivity index is 1.61. The lowest BCUT2D eigenvalue weighted by Gasteiger charge is -2.40. The predicted molar refractivity (Wildman–Crippen MR) is 122 cm³/mol. The summed E-state index contributed by atoms with van der Waals surface area (Å²) < 4.78 is 7.42. The Morgan fingerprint density at radius 2 is 1.74 bits per heavy atom. The van der Waals surface area contributed by atoms with Gasteiger partial charge in [0, 0.05) is 37.9 Å². The maximum atomic E-state index is 5.41. The van der Waals surface area contributed by atoms with Crippen molar-refractivity contribution in [2.45, 2.75) is 38.8 Å². The van der Waals surface area contributed by atoms with Crippen molar-refractivity contribution in [3.05, 3.63) is 66.0 Å². The van der Waals surface area contributed by atoms with Gasteiger partial charge in [-0.05, 0) is 48.4 Å². The molecule has 3 aromatic rings. The lowest BCUT2D eigenvalue weighted by atomic mass is 9.99. The maximum Gasteiger partial charge on any atom is 0.173 e. The van der Waals surface area contributed by atoms with Gasteiger partial charge in [0.1, 0.15) is 5.75 Å². The molecule has 0 unspecified atom stereocenters. The first-order valence-electron chi connectivity index (χ1n) is 11.0. The number of piperazine rings is 1. The largest absolute Gasteiger partial charge is 0.497 e. The molecule has 0 saturated carbocycles. The van der Waals surface area contributed by atoms with Gasteiger partial charge in [0.15, 0.2) is 5.82 Å². The number of aromatic nitrogens is 4. The molecule has 2 heterocycles. The number of hydrogen-bond acceptors (Lipinski definition) is 6. The Bertz CT molecular complexity index is 978. The third-order valence-corrected chi connectivity index (χ3v) is 6.39. The topological polar surface area (TPSA) is 59.3 Å². The van der Waals surface area contributed by atoms with E-state index in [4.69, 9.17) is 4.74 Å². The first-order valence-corrected chi connectivity index (χ1v) is 11.0. The first-order chi connectivity index (χ1) is 15.0. The van der Waals surface area contributed by atoms with Crippen LogP contribution in [-0.2, 0) is 5.54 Å². The number of anilines is 1. The highest BCUT2D eigenvalue weighted by molar-refractivity contribution is 5.51. The summed E-state index contributed by atoms with van der Waals surface area (Å²) in [7, 11) is 1.71. The van der Waals surface area contributed by atoms with Crippen molar-refractivity contribution in [3.63, 3.8) is 0 Å². The number of rotatable bonds is 7. The molecule has 4 rings (SSSR count). The lowest BCUT2D eigenvalue weighted by molar-refractivity contribution is 0.187. The molecule has 2 aromatic carbocycles. The lowest BCUT2D eigenvalue weighted by Crippen LogP contribution is -2.48. The quantitative estimate of drug-likeness (QED) is 0.580. The second-order valence-electron chi connectivity index (χ2n) is 8.65. The van der Waals surface area contributed by atoms with Crippen molar-refractivity contribution in [2.24, 2.45) is 0 Å². The third kappa shape index (κ3) is 4.42. The van der Waals surface area contributed by atoms with Crippen LogP contribution in [0.4, 0.5) is 5.69 Å². The SMILES string of the molecule is CCC(C)(C)n1nnnc1[C@H](c1ccccc1)N1CCN(c2cccc(OC)c2)CC1. The molecule has 31 heavy (non-hydrogen) atoms. The highest BCUT2D eigenvalue weighted by Crippen LogP contribution is 2.32. The zero-order valence-corrected chi connectivity index (χ0v) is 18.9. The molecule has 0 radical (unpaired) electrons. The van der Waals surface area contributed by atoms with E-state index in [0.29, 0.717) is 0 Å². The van der Waals surface area contributed by atoms with Gasteiger partial charge in [-0.2, -0.15) is 0 Å². The molecule has 0 N–H and O–H groups in total. The van der Waals surface area contributed by atoms with Gasteiger partial charge in [-0.1, -0.05) is 43.3 Å². The van der Waals surface area contributed by atoms with Crippen molar-refractivity contribution in [3.8, 4) is 5.75 Å². The second-order valence-corrected chi connectivity index (χ2v) is 8.65. The molecule has 0 aliphatic carbocycles. The molecule has 1 fully saturated rings. The Kier molecular flexibility index (Phi) is 6.23. The Morgan fingerprint density at radius 3 is 2.42 bits per heavy atom. The number of ether oxygens (including phenoxy) is 1. The van der Waals surface area contributed by atoms with Crippen LogP contribution in [0.25, 0.3) is 0 Å². The Hall–Kier alpha value is -2.93. The average molecular weight is 421 g/mol. The van der Waals surface area contributed by atoms with Crippen LogP contribution in [0.2, 0.25) is 0 Å².